The van der Waals surface area contributed by atoms with Crippen molar-refractivity contribution in [1.82, 2.24) is 5.32 Å². The monoisotopic (exact) mass is 311 g/mol. The van der Waals surface area contributed by atoms with Crippen molar-refractivity contribution >= 4 is 17.5 Å². The maximum atomic E-state index is 12.2. The lowest BCUT2D eigenvalue weighted by Gasteiger charge is -2.27. The number of nitrogens with one attached hydrogen (secondary N) is 1. The van der Waals surface area contributed by atoms with Gasteiger partial charge in [-0.05, 0) is 24.8 Å². The van der Waals surface area contributed by atoms with Gasteiger partial charge in [-0.3, -0.25) is 4.79 Å². The lowest BCUT2D eigenvalue weighted by atomic mass is 9.87. The molecular weight excluding hydrogens is 290 g/mol. The summed E-state index contributed by atoms with van der Waals surface area (Å²) in [5, 5.41) is 13.5. The van der Waals surface area contributed by atoms with Gasteiger partial charge in [0.1, 0.15) is 0 Å². The number of aliphatic hydroxyl groups is 1. The summed E-state index contributed by atoms with van der Waals surface area (Å²) >= 11 is 6.03. The fourth-order valence-electron chi connectivity index (χ4n) is 2.64. The van der Waals surface area contributed by atoms with Crippen molar-refractivity contribution in [1.29, 1.82) is 0 Å². The van der Waals surface area contributed by atoms with E-state index >= 15 is 0 Å². The van der Waals surface area contributed by atoms with Crippen molar-refractivity contribution < 1.29 is 14.6 Å². The summed E-state index contributed by atoms with van der Waals surface area (Å²) in [6.45, 7) is 3.57. The van der Waals surface area contributed by atoms with E-state index in [2.05, 4.69) is 5.32 Å². The summed E-state index contributed by atoms with van der Waals surface area (Å²) in [5.74, 6) is 0.275. The summed E-state index contributed by atoms with van der Waals surface area (Å²) in [4.78, 5) is 12.2. The zero-order chi connectivity index (χ0) is 15.2. The van der Waals surface area contributed by atoms with Crippen LogP contribution in [-0.2, 0) is 9.53 Å². The molecule has 21 heavy (non-hydrogen) atoms. The Morgan fingerprint density at radius 2 is 2.10 bits per heavy atom. The number of aliphatic hydroxyl groups excluding tert-OH is 1. The number of hydrogen-bond acceptors (Lipinski definition) is 3. The molecule has 2 atom stereocenters. The summed E-state index contributed by atoms with van der Waals surface area (Å²) in [7, 11) is 0. The van der Waals surface area contributed by atoms with Gasteiger partial charge in [0.25, 0.3) is 0 Å². The van der Waals surface area contributed by atoms with Crippen molar-refractivity contribution in [3.8, 4) is 0 Å². The van der Waals surface area contributed by atoms with Crippen molar-refractivity contribution in [2.75, 3.05) is 19.8 Å². The molecule has 5 heteroatoms. The minimum Gasteiger partial charge on any atom is -0.387 e. The van der Waals surface area contributed by atoms with Crippen LogP contribution >= 0.6 is 11.6 Å². The van der Waals surface area contributed by atoms with Crippen LogP contribution in [0.2, 0.25) is 5.02 Å². The second kappa shape index (κ2) is 7.78. The number of benzene rings is 1. The highest BCUT2D eigenvalue weighted by molar-refractivity contribution is 6.31. The minimum absolute atomic E-state index is 0.0204. The van der Waals surface area contributed by atoms with E-state index < -0.39 is 6.10 Å². The Morgan fingerprint density at radius 1 is 1.43 bits per heavy atom. The summed E-state index contributed by atoms with van der Waals surface area (Å²) < 4.78 is 5.31. The van der Waals surface area contributed by atoms with E-state index in [1.165, 1.54) is 0 Å². The average Bonchev–Trinajstić information content (AvgIpc) is 2.52. The molecule has 1 aliphatic heterocycles. The fourth-order valence-corrected chi connectivity index (χ4v) is 2.91. The molecule has 0 radical (unpaired) electrons. The standard InChI is InChI=1S/C16H22ClNO3/c1-11(12-6-8-21-9-7-12)16(20)18-10-15(19)13-4-2-3-5-14(13)17/h2-5,11-12,15,19H,6-10H2,1H3,(H,18,20). The average molecular weight is 312 g/mol. The van der Waals surface area contributed by atoms with Crippen LogP contribution < -0.4 is 5.32 Å². The van der Waals surface area contributed by atoms with Crippen LogP contribution in [0.4, 0.5) is 0 Å². The predicted octanol–water partition coefficient (Wildman–Crippen LogP) is 2.55. The summed E-state index contributed by atoms with van der Waals surface area (Å²) in [6.07, 6.45) is 1.05. The van der Waals surface area contributed by atoms with Crippen LogP contribution in [0.25, 0.3) is 0 Å². The van der Waals surface area contributed by atoms with Gasteiger partial charge < -0.3 is 15.2 Å². The Hall–Kier alpha value is -1.10. The van der Waals surface area contributed by atoms with Gasteiger partial charge in [-0.15, -0.1) is 0 Å². The summed E-state index contributed by atoms with van der Waals surface area (Å²) in [5.41, 5.74) is 0.637. The lowest BCUT2D eigenvalue weighted by molar-refractivity contribution is -0.127. The number of amides is 1. The SMILES string of the molecule is CC(C(=O)NCC(O)c1ccccc1Cl)C1CCOCC1. The number of hydrogen-bond donors (Lipinski definition) is 2. The topological polar surface area (TPSA) is 58.6 Å². The highest BCUT2D eigenvalue weighted by Gasteiger charge is 2.26. The first-order valence-electron chi connectivity index (χ1n) is 7.37. The molecule has 0 aliphatic carbocycles. The minimum atomic E-state index is -0.787. The quantitative estimate of drug-likeness (QED) is 0.878. The van der Waals surface area contributed by atoms with E-state index in [-0.39, 0.29) is 18.4 Å². The Labute approximate surface area is 130 Å². The molecule has 4 nitrogen and oxygen atoms in total. The molecule has 1 aromatic carbocycles. The largest absolute Gasteiger partial charge is 0.387 e. The van der Waals surface area contributed by atoms with E-state index in [1.807, 2.05) is 19.1 Å². The number of ether oxygens (including phenoxy) is 1. The van der Waals surface area contributed by atoms with Gasteiger partial charge in [0.05, 0.1) is 6.10 Å². The maximum absolute atomic E-state index is 12.2. The van der Waals surface area contributed by atoms with Crippen LogP contribution in [0.3, 0.4) is 0 Å². The molecule has 1 amide bonds. The smallest absolute Gasteiger partial charge is 0.223 e. The van der Waals surface area contributed by atoms with E-state index in [0.717, 1.165) is 26.1 Å². The number of carbonyl (C=O) groups excluding carboxylic acids is 1. The molecule has 0 aromatic heterocycles. The van der Waals surface area contributed by atoms with Crippen LogP contribution in [0, 0.1) is 11.8 Å². The second-order valence-corrected chi connectivity index (χ2v) is 5.93. The maximum Gasteiger partial charge on any atom is 0.223 e. The Morgan fingerprint density at radius 3 is 2.76 bits per heavy atom. The highest BCUT2D eigenvalue weighted by atomic mass is 35.5. The molecule has 0 saturated carbocycles. The molecule has 1 saturated heterocycles. The molecule has 2 unspecified atom stereocenters. The van der Waals surface area contributed by atoms with Crippen LogP contribution in [0.15, 0.2) is 24.3 Å². The van der Waals surface area contributed by atoms with E-state index in [0.29, 0.717) is 16.5 Å². The molecule has 116 valence electrons. The number of halogens is 1. The van der Waals surface area contributed by atoms with Gasteiger partial charge in [0.2, 0.25) is 5.91 Å². The van der Waals surface area contributed by atoms with E-state index in [4.69, 9.17) is 16.3 Å². The normalized spacial score (nSPS) is 19.0. The molecule has 1 fully saturated rings. The zero-order valence-corrected chi connectivity index (χ0v) is 13.0. The molecule has 0 bridgehead atoms. The third-order valence-corrected chi connectivity index (χ3v) is 4.46. The predicted molar refractivity (Wildman–Crippen MR) is 82.1 cm³/mol. The Balaban J connectivity index is 1.84. The first kappa shape index (κ1) is 16.3. The molecule has 0 spiro atoms. The number of rotatable bonds is 5. The first-order chi connectivity index (χ1) is 10.1. The Kier molecular flexibility index (Phi) is 6.03. The summed E-state index contributed by atoms with van der Waals surface area (Å²) in [6, 6.07) is 7.12. The molecule has 1 aliphatic rings. The van der Waals surface area contributed by atoms with Gasteiger partial charge in [-0.2, -0.15) is 0 Å². The van der Waals surface area contributed by atoms with Crippen molar-refractivity contribution in [2.45, 2.75) is 25.9 Å². The lowest BCUT2D eigenvalue weighted by Crippen LogP contribution is -2.37. The van der Waals surface area contributed by atoms with Gasteiger partial charge in [-0.25, -0.2) is 0 Å². The van der Waals surface area contributed by atoms with Gasteiger partial charge in [0.15, 0.2) is 0 Å². The third-order valence-electron chi connectivity index (χ3n) is 4.12. The molecular formula is C16H22ClNO3. The Bertz CT molecular complexity index is 474. The zero-order valence-electron chi connectivity index (χ0n) is 12.2. The van der Waals surface area contributed by atoms with Gasteiger partial charge in [0, 0.05) is 36.3 Å². The molecule has 1 heterocycles. The first-order valence-corrected chi connectivity index (χ1v) is 7.75. The fraction of sp³-hybridized carbons (Fsp3) is 0.562. The number of carbonyl (C=O) groups is 1. The van der Waals surface area contributed by atoms with Crippen molar-refractivity contribution in [2.24, 2.45) is 11.8 Å². The van der Waals surface area contributed by atoms with E-state index in [9.17, 15) is 9.90 Å². The van der Waals surface area contributed by atoms with E-state index in [1.54, 1.807) is 12.1 Å². The van der Waals surface area contributed by atoms with Gasteiger partial charge >= 0.3 is 0 Å². The molecule has 2 rings (SSSR count). The van der Waals surface area contributed by atoms with Crippen LogP contribution in [0.1, 0.15) is 31.4 Å². The second-order valence-electron chi connectivity index (χ2n) is 5.52. The third kappa shape index (κ3) is 4.43. The molecule has 1 aromatic rings. The highest BCUT2D eigenvalue weighted by Crippen LogP contribution is 2.24. The van der Waals surface area contributed by atoms with Crippen LogP contribution in [-0.4, -0.2) is 30.8 Å². The van der Waals surface area contributed by atoms with Crippen LogP contribution in [0.5, 0.6) is 0 Å². The molecule has 2 N–H and O–H groups in total. The van der Waals surface area contributed by atoms with Gasteiger partial charge in [-0.1, -0.05) is 36.7 Å². The van der Waals surface area contributed by atoms with Crippen molar-refractivity contribution in [3.63, 3.8) is 0 Å². The van der Waals surface area contributed by atoms with Crippen molar-refractivity contribution in [3.05, 3.63) is 34.9 Å².